The summed E-state index contributed by atoms with van der Waals surface area (Å²) < 4.78 is 5.52. The van der Waals surface area contributed by atoms with Crippen LogP contribution in [-0.2, 0) is 16.1 Å². The number of ether oxygens (including phenoxy) is 1. The normalized spacial score (nSPS) is 23.9. The predicted molar refractivity (Wildman–Crippen MR) is 77.4 cm³/mol. The van der Waals surface area contributed by atoms with Gasteiger partial charge in [0.05, 0.1) is 18.2 Å². The van der Waals surface area contributed by atoms with Crippen molar-refractivity contribution in [2.45, 2.75) is 50.4 Å². The highest BCUT2D eigenvalue weighted by molar-refractivity contribution is 5.79. The van der Waals surface area contributed by atoms with E-state index in [1.54, 1.807) is 12.4 Å². The molecule has 2 fully saturated rings. The van der Waals surface area contributed by atoms with Crippen LogP contribution in [-0.4, -0.2) is 45.7 Å². The Bertz CT molecular complexity index is 486. The van der Waals surface area contributed by atoms with Crippen molar-refractivity contribution in [1.29, 1.82) is 0 Å². The maximum absolute atomic E-state index is 12.4. The van der Waals surface area contributed by atoms with E-state index in [9.17, 15) is 9.90 Å². The molecule has 2 heterocycles. The molecule has 1 saturated carbocycles. The van der Waals surface area contributed by atoms with Crippen molar-refractivity contribution < 1.29 is 14.6 Å². The van der Waals surface area contributed by atoms with E-state index in [4.69, 9.17) is 4.74 Å². The smallest absolute Gasteiger partial charge is 0.249 e. The fourth-order valence-electron chi connectivity index (χ4n) is 3.70. The van der Waals surface area contributed by atoms with E-state index in [1.165, 1.54) is 0 Å². The Morgan fingerprint density at radius 3 is 3.00 bits per heavy atom. The minimum atomic E-state index is -0.373. The van der Waals surface area contributed by atoms with Crippen molar-refractivity contribution in [3.63, 3.8) is 0 Å². The molecule has 114 valence electrons. The maximum atomic E-state index is 12.4. The lowest BCUT2D eigenvalue weighted by molar-refractivity contribution is -0.142. The van der Waals surface area contributed by atoms with Gasteiger partial charge in [0.25, 0.3) is 0 Å². The average molecular weight is 290 g/mol. The number of aliphatic hydroxyl groups is 1. The number of rotatable bonds is 4. The molecule has 1 aromatic heterocycles. The molecule has 1 N–H and O–H groups in total. The molecule has 2 aliphatic rings. The molecule has 21 heavy (non-hydrogen) atoms. The minimum absolute atomic E-state index is 0.00246. The molecule has 5 heteroatoms. The zero-order chi connectivity index (χ0) is 14.7. The van der Waals surface area contributed by atoms with Crippen LogP contribution in [0.5, 0.6) is 0 Å². The number of aliphatic hydroxyl groups excluding tert-OH is 1. The molecular weight excluding hydrogens is 268 g/mol. The highest BCUT2D eigenvalue weighted by Crippen LogP contribution is 2.43. The fraction of sp³-hybridized carbons (Fsp3) is 0.625. The molecule has 5 nitrogen and oxygen atoms in total. The van der Waals surface area contributed by atoms with Gasteiger partial charge in [0, 0.05) is 18.9 Å². The lowest BCUT2D eigenvalue weighted by Gasteiger charge is -2.37. The second kappa shape index (κ2) is 6.12. The number of hydrogen-bond donors (Lipinski definition) is 1. The first-order valence-electron chi connectivity index (χ1n) is 7.67. The molecule has 3 rings (SSSR count). The van der Waals surface area contributed by atoms with Gasteiger partial charge in [-0.15, -0.1) is 0 Å². The van der Waals surface area contributed by atoms with E-state index < -0.39 is 0 Å². The van der Waals surface area contributed by atoms with E-state index >= 15 is 0 Å². The molecule has 1 aromatic rings. The van der Waals surface area contributed by atoms with Crippen LogP contribution in [0.4, 0.5) is 0 Å². The first-order chi connectivity index (χ1) is 10.2. The van der Waals surface area contributed by atoms with Crippen molar-refractivity contribution in [3.8, 4) is 0 Å². The summed E-state index contributed by atoms with van der Waals surface area (Å²) in [4.78, 5) is 18.3. The molecule has 1 atom stereocenters. The van der Waals surface area contributed by atoms with Crippen molar-refractivity contribution in [3.05, 3.63) is 30.1 Å². The molecule has 1 spiro atoms. The van der Waals surface area contributed by atoms with Gasteiger partial charge in [0.2, 0.25) is 5.91 Å². The third-order valence-corrected chi connectivity index (χ3v) is 4.77. The number of hydrogen-bond acceptors (Lipinski definition) is 4. The zero-order valence-electron chi connectivity index (χ0n) is 12.2. The summed E-state index contributed by atoms with van der Waals surface area (Å²) in [6, 6.07) is 3.78. The topological polar surface area (TPSA) is 62.7 Å². The van der Waals surface area contributed by atoms with E-state index in [0.29, 0.717) is 19.6 Å². The van der Waals surface area contributed by atoms with Gasteiger partial charge in [-0.2, -0.15) is 0 Å². The number of nitrogens with zero attached hydrogens (tertiary/aromatic N) is 2. The van der Waals surface area contributed by atoms with Crippen LogP contribution in [0.25, 0.3) is 0 Å². The second-order valence-electron chi connectivity index (χ2n) is 6.01. The number of likely N-dealkylation sites (tertiary alicyclic amines) is 1. The van der Waals surface area contributed by atoms with Crippen molar-refractivity contribution in [1.82, 2.24) is 9.88 Å². The van der Waals surface area contributed by atoms with Crippen LogP contribution in [0.1, 0.15) is 37.7 Å². The lowest BCUT2D eigenvalue weighted by Crippen LogP contribution is -2.51. The fourth-order valence-corrected chi connectivity index (χ4v) is 3.70. The summed E-state index contributed by atoms with van der Waals surface area (Å²) in [6.07, 6.45) is 7.79. The van der Waals surface area contributed by atoms with E-state index in [2.05, 4.69) is 4.98 Å². The van der Waals surface area contributed by atoms with Crippen LogP contribution in [0.3, 0.4) is 0 Å². The first-order valence-corrected chi connectivity index (χ1v) is 7.67. The average Bonchev–Trinajstić information content (AvgIpc) is 3.10. The quantitative estimate of drug-likeness (QED) is 0.913. The van der Waals surface area contributed by atoms with Crippen LogP contribution < -0.4 is 0 Å². The summed E-state index contributed by atoms with van der Waals surface area (Å²) in [7, 11) is 0. The van der Waals surface area contributed by atoms with Gasteiger partial charge >= 0.3 is 0 Å². The Morgan fingerprint density at radius 2 is 2.29 bits per heavy atom. The molecule has 1 amide bonds. The molecule has 1 unspecified atom stereocenters. The van der Waals surface area contributed by atoms with Crippen molar-refractivity contribution in [2.75, 3.05) is 13.2 Å². The van der Waals surface area contributed by atoms with Gasteiger partial charge in [-0.3, -0.25) is 9.78 Å². The van der Waals surface area contributed by atoms with Gasteiger partial charge < -0.3 is 14.7 Å². The summed E-state index contributed by atoms with van der Waals surface area (Å²) in [6.45, 7) is 1.11. The third-order valence-electron chi connectivity index (χ3n) is 4.77. The second-order valence-corrected chi connectivity index (χ2v) is 6.01. The Labute approximate surface area is 124 Å². The number of carbonyl (C=O) groups excluding carboxylic acids is 1. The van der Waals surface area contributed by atoms with E-state index in [-0.39, 0.29) is 24.2 Å². The Hall–Kier alpha value is -1.46. The lowest BCUT2D eigenvalue weighted by atomic mass is 9.91. The van der Waals surface area contributed by atoms with Gasteiger partial charge in [0.1, 0.15) is 6.61 Å². The number of pyridine rings is 1. The predicted octanol–water partition coefficient (Wildman–Crippen LogP) is 1.50. The highest BCUT2D eigenvalue weighted by atomic mass is 16.5. The van der Waals surface area contributed by atoms with E-state index in [1.807, 2.05) is 17.0 Å². The largest absolute Gasteiger partial charge is 0.391 e. The summed E-state index contributed by atoms with van der Waals surface area (Å²) in [5.74, 6) is -0.00246. The van der Waals surface area contributed by atoms with Crippen LogP contribution >= 0.6 is 0 Å². The number of carbonyl (C=O) groups is 1. The standard InChI is InChI=1S/C16H22N2O3/c19-14-5-9-18(16(14)6-1-2-7-16)15(20)12-21-11-13-4-3-8-17-10-13/h3-4,8,10,14,19H,1-2,5-7,9,11-12H2. The Kier molecular flexibility index (Phi) is 4.22. The SMILES string of the molecule is O=C(COCc1cccnc1)N1CCC(O)C12CCCC2. The highest BCUT2D eigenvalue weighted by Gasteiger charge is 2.51. The third kappa shape index (κ3) is 2.80. The van der Waals surface area contributed by atoms with Crippen LogP contribution in [0.2, 0.25) is 0 Å². The van der Waals surface area contributed by atoms with Crippen LogP contribution in [0.15, 0.2) is 24.5 Å². The summed E-state index contributed by atoms with van der Waals surface area (Å²) in [5.41, 5.74) is 0.650. The van der Waals surface area contributed by atoms with Crippen molar-refractivity contribution >= 4 is 5.91 Å². The molecule has 1 aliphatic carbocycles. The van der Waals surface area contributed by atoms with Gasteiger partial charge in [-0.05, 0) is 30.9 Å². The monoisotopic (exact) mass is 290 g/mol. The Balaban J connectivity index is 1.55. The molecule has 0 aromatic carbocycles. The van der Waals surface area contributed by atoms with Crippen LogP contribution in [0, 0.1) is 0 Å². The molecule has 0 bridgehead atoms. The van der Waals surface area contributed by atoms with Gasteiger partial charge in [-0.25, -0.2) is 0 Å². The van der Waals surface area contributed by atoms with Gasteiger partial charge in [-0.1, -0.05) is 18.9 Å². The molecule has 1 saturated heterocycles. The maximum Gasteiger partial charge on any atom is 0.249 e. The summed E-state index contributed by atoms with van der Waals surface area (Å²) in [5, 5.41) is 10.3. The van der Waals surface area contributed by atoms with E-state index in [0.717, 1.165) is 31.2 Å². The first kappa shape index (κ1) is 14.5. The molecular formula is C16H22N2O3. The number of aromatic nitrogens is 1. The molecule has 0 radical (unpaired) electrons. The number of amides is 1. The van der Waals surface area contributed by atoms with Crippen molar-refractivity contribution in [2.24, 2.45) is 0 Å². The summed E-state index contributed by atoms with van der Waals surface area (Å²) >= 11 is 0. The van der Waals surface area contributed by atoms with Gasteiger partial charge in [0.15, 0.2) is 0 Å². The Morgan fingerprint density at radius 1 is 1.48 bits per heavy atom. The molecule has 1 aliphatic heterocycles. The minimum Gasteiger partial charge on any atom is -0.391 e. The zero-order valence-corrected chi connectivity index (χ0v) is 12.2.